The molecule has 0 unspecified atom stereocenters. The molecule has 1 heterocycles. The monoisotopic (exact) mass is 340 g/mol. The Hall–Kier alpha value is -0.370. The molecule has 86 valence electrons. The maximum absolute atomic E-state index is 5.63. The molecule has 0 atom stereocenters. The predicted molar refractivity (Wildman–Crippen MR) is 75.9 cm³/mol. The molecule has 0 bridgehead atoms. The molecule has 0 radical (unpaired) electrons. The fraction of sp³-hybridized carbons (Fsp3) is 0.556. The molecule has 0 aliphatic heterocycles. The van der Waals surface area contributed by atoms with Gasteiger partial charge in [-0.05, 0) is 13.3 Å². The van der Waals surface area contributed by atoms with Gasteiger partial charge in [0.05, 0.1) is 6.54 Å². The van der Waals surface area contributed by atoms with Crippen LogP contribution in [0.2, 0.25) is 0 Å². The molecular weight excluding hydrogens is 323 g/mol. The van der Waals surface area contributed by atoms with Crippen molar-refractivity contribution < 1.29 is 0 Å². The summed E-state index contributed by atoms with van der Waals surface area (Å²) in [6, 6.07) is 0. The average Bonchev–Trinajstić information content (AvgIpc) is 2.58. The Balaban J connectivity index is 0.00000196. The molecule has 0 aliphatic carbocycles. The molecule has 0 fully saturated rings. The van der Waals surface area contributed by atoms with Gasteiger partial charge in [0, 0.05) is 17.6 Å². The summed E-state index contributed by atoms with van der Waals surface area (Å²) in [5, 5.41) is 4.02. The highest BCUT2D eigenvalue weighted by atomic mass is 127. The van der Waals surface area contributed by atoms with Crippen molar-refractivity contribution in [1.82, 2.24) is 10.3 Å². The molecule has 0 saturated heterocycles. The SMILES string of the molecule is CCCNC(N)=NCc1ncc(C)s1.I. The number of nitrogens with two attached hydrogens (primary N) is 1. The van der Waals surface area contributed by atoms with Crippen LogP contribution in [0, 0.1) is 6.92 Å². The second-order valence-corrected chi connectivity index (χ2v) is 4.31. The number of guanidine groups is 1. The van der Waals surface area contributed by atoms with E-state index in [1.165, 1.54) is 4.88 Å². The summed E-state index contributed by atoms with van der Waals surface area (Å²) in [5.41, 5.74) is 5.63. The van der Waals surface area contributed by atoms with Gasteiger partial charge in [0.1, 0.15) is 5.01 Å². The highest BCUT2D eigenvalue weighted by Gasteiger charge is 1.97. The topological polar surface area (TPSA) is 63.3 Å². The summed E-state index contributed by atoms with van der Waals surface area (Å²) in [7, 11) is 0. The van der Waals surface area contributed by atoms with Crippen LogP contribution in [0.1, 0.15) is 23.2 Å². The zero-order chi connectivity index (χ0) is 10.4. The Bertz CT molecular complexity index is 311. The molecule has 4 nitrogen and oxygen atoms in total. The number of aromatic nitrogens is 1. The first-order valence-electron chi connectivity index (χ1n) is 4.67. The van der Waals surface area contributed by atoms with E-state index in [0.717, 1.165) is 18.0 Å². The molecule has 3 N–H and O–H groups in total. The Morgan fingerprint density at radius 1 is 1.67 bits per heavy atom. The van der Waals surface area contributed by atoms with Gasteiger partial charge in [-0.2, -0.15) is 0 Å². The van der Waals surface area contributed by atoms with E-state index in [4.69, 9.17) is 5.73 Å². The molecule has 0 amide bonds. The zero-order valence-corrected chi connectivity index (χ0v) is 12.1. The van der Waals surface area contributed by atoms with Gasteiger partial charge in [0.2, 0.25) is 0 Å². The maximum Gasteiger partial charge on any atom is 0.189 e. The maximum atomic E-state index is 5.63. The van der Waals surface area contributed by atoms with E-state index in [2.05, 4.69) is 22.2 Å². The van der Waals surface area contributed by atoms with Crippen LogP contribution in [0.3, 0.4) is 0 Å². The number of rotatable bonds is 4. The van der Waals surface area contributed by atoms with Crippen molar-refractivity contribution in [2.24, 2.45) is 10.7 Å². The van der Waals surface area contributed by atoms with Gasteiger partial charge in [-0.1, -0.05) is 6.92 Å². The van der Waals surface area contributed by atoms with Crippen LogP contribution in [0.25, 0.3) is 0 Å². The lowest BCUT2D eigenvalue weighted by Gasteiger charge is -2.01. The number of hydrogen-bond donors (Lipinski definition) is 2. The number of hydrogen-bond acceptors (Lipinski definition) is 3. The van der Waals surface area contributed by atoms with Crippen LogP contribution >= 0.6 is 35.3 Å². The highest BCUT2D eigenvalue weighted by Crippen LogP contribution is 2.11. The quantitative estimate of drug-likeness (QED) is 0.500. The summed E-state index contributed by atoms with van der Waals surface area (Å²) in [5.74, 6) is 0.500. The summed E-state index contributed by atoms with van der Waals surface area (Å²) < 4.78 is 0. The van der Waals surface area contributed by atoms with Crippen LogP contribution < -0.4 is 11.1 Å². The lowest BCUT2D eigenvalue weighted by Crippen LogP contribution is -2.32. The number of thiazole rings is 1. The first kappa shape index (κ1) is 14.6. The van der Waals surface area contributed by atoms with Crippen LogP contribution in [-0.2, 0) is 6.54 Å². The summed E-state index contributed by atoms with van der Waals surface area (Å²) in [4.78, 5) is 9.58. The third-order valence-corrected chi connectivity index (χ3v) is 2.51. The minimum Gasteiger partial charge on any atom is -0.370 e. The van der Waals surface area contributed by atoms with Crippen LogP contribution in [-0.4, -0.2) is 17.5 Å². The summed E-state index contributed by atoms with van der Waals surface area (Å²) in [6.45, 7) is 5.56. The van der Waals surface area contributed by atoms with E-state index >= 15 is 0 Å². The van der Waals surface area contributed by atoms with Crippen molar-refractivity contribution >= 4 is 41.3 Å². The van der Waals surface area contributed by atoms with E-state index in [1.54, 1.807) is 11.3 Å². The minimum absolute atomic E-state index is 0. The smallest absolute Gasteiger partial charge is 0.189 e. The Kier molecular flexibility index (Phi) is 7.67. The lowest BCUT2D eigenvalue weighted by atomic mass is 10.5. The molecule has 1 aromatic heterocycles. The van der Waals surface area contributed by atoms with Crippen molar-refractivity contribution in [2.45, 2.75) is 26.8 Å². The molecular formula is C9H17IN4S. The van der Waals surface area contributed by atoms with Crippen molar-refractivity contribution in [1.29, 1.82) is 0 Å². The number of aryl methyl sites for hydroxylation is 1. The molecule has 0 aliphatic rings. The first-order valence-corrected chi connectivity index (χ1v) is 5.49. The first-order chi connectivity index (χ1) is 6.72. The van der Waals surface area contributed by atoms with Gasteiger partial charge < -0.3 is 11.1 Å². The second-order valence-electron chi connectivity index (χ2n) is 2.99. The Morgan fingerprint density at radius 3 is 2.93 bits per heavy atom. The largest absolute Gasteiger partial charge is 0.370 e. The van der Waals surface area contributed by atoms with Crippen molar-refractivity contribution in [3.8, 4) is 0 Å². The third-order valence-electron chi connectivity index (χ3n) is 1.61. The second kappa shape index (κ2) is 7.86. The molecule has 0 spiro atoms. The van der Waals surface area contributed by atoms with Crippen LogP contribution in [0.5, 0.6) is 0 Å². The van der Waals surface area contributed by atoms with E-state index in [0.29, 0.717) is 12.5 Å². The molecule has 1 aromatic rings. The lowest BCUT2D eigenvalue weighted by molar-refractivity contribution is 0.825. The number of halogens is 1. The van der Waals surface area contributed by atoms with E-state index in [-0.39, 0.29) is 24.0 Å². The molecule has 1 rings (SSSR count). The standard InChI is InChI=1S/C9H16N4S.HI/c1-3-4-11-9(10)13-6-8-12-5-7(2)14-8;/h5H,3-4,6H2,1-2H3,(H3,10,11,13);1H. The van der Waals surface area contributed by atoms with E-state index in [1.807, 2.05) is 13.1 Å². The zero-order valence-electron chi connectivity index (χ0n) is 8.99. The van der Waals surface area contributed by atoms with Crippen molar-refractivity contribution in [3.05, 3.63) is 16.1 Å². The Morgan fingerprint density at radius 2 is 2.40 bits per heavy atom. The van der Waals surface area contributed by atoms with Gasteiger partial charge in [0.25, 0.3) is 0 Å². The van der Waals surface area contributed by atoms with Gasteiger partial charge >= 0.3 is 0 Å². The molecule has 6 heteroatoms. The number of nitrogens with one attached hydrogen (secondary N) is 1. The van der Waals surface area contributed by atoms with Gasteiger partial charge in [-0.25, -0.2) is 9.98 Å². The van der Waals surface area contributed by atoms with Gasteiger partial charge in [-0.15, -0.1) is 35.3 Å². The number of nitrogens with zero attached hydrogens (tertiary/aromatic N) is 2. The fourth-order valence-electron chi connectivity index (χ4n) is 0.936. The summed E-state index contributed by atoms with van der Waals surface area (Å²) in [6.07, 6.45) is 2.90. The van der Waals surface area contributed by atoms with Crippen LogP contribution in [0.4, 0.5) is 0 Å². The van der Waals surface area contributed by atoms with E-state index in [9.17, 15) is 0 Å². The molecule has 0 saturated carbocycles. The van der Waals surface area contributed by atoms with Crippen LogP contribution in [0.15, 0.2) is 11.2 Å². The normalized spacial score (nSPS) is 10.9. The van der Waals surface area contributed by atoms with Gasteiger partial charge in [-0.3, -0.25) is 0 Å². The number of aliphatic imine (C=N–C) groups is 1. The highest BCUT2D eigenvalue weighted by molar-refractivity contribution is 14.0. The average molecular weight is 340 g/mol. The Labute approximate surface area is 111 Å². The molecule has 0 aromatic carbocycles. The third kappa shape index (κ3) is 5.93. The van der Waals surface area contributed by atoms with Crippen molar-refractivity contribution in [3.63, 3.8) is 0 Å². The van der Waals surface area contributed by atoms with E-state index < -0.39 is 0 Å². The van der Waals surface area contributed by atoms with Gasteiger partial charge in [0.15, 0.2) is 5.96 Å². The fourth-order valence-corrected chi connectivity index (χ4v) is 1.65. The molecule has 15 heavy (non-hydrogen) atoms. The minimum atomic E-state index is 0. The summed E-state index contributed by atoms with van der Waals surface area (Å²) >= 11 is 1.65. The predicted octanol–water partition coefficient (Wildman–Crippen LogP) is 1.88. The van der Waals surface area contributed by atoms with Crippen molar-refractivity contribution in [2.75, 3.05) is 6.54 Å².